The number of aromatic nitrogens is 2. The zero-order valence-electron chi connectivity index (χ0n) is 17.4. The second-order valence-electron chi connectivity index (χ2n) is 7.50. The fourth-order valence-electron chi connectivity index (χ4n) is 2.96. The van der Waals surface area contributed by atoms with E-state index in [-0.39, 0.29) is 22.8 Å². The number of anilines is 1. The highest BCUT2D eigenvalue weighted by Gasteiger charge is 2.33. The van der Waals surface area contributed by atoms with Crippen LogP contribution in [0.2, 0.25) is 0 Å². The molecule has 32 heavy (non-hydrogen) atoms. The number of nitrogens with one attached hydrogen (secondary N) is 1. The Bertz CT molecular complexity index is 1230. The maximum absolute atomic E-state index is 13.1. The summed E-state index contributed by atoms with van der Waals surface area (Å²) in [6, 6.07) is 4.55. The van der Waals surface area contributed by atoms with E-state index in [0.717, 1.165) is 34.4 Å². The van der Waals surface area contributed by atoms with Gasteiger partial charge in [-0.05, 0) is 30.5 Å². The Hall–Kier alpha value is -3.21. The summed E-state index contributed by atoms with van der Waals surface area (Å²) >= 11 is 1.01. The molecule has 0 atom stereocenters. The van der Waals surface area contributed by atoms with Gasteiger partial charge in [-0.3, -0.25) is 14.2 Å². The molecule has 0 aliphatic rings. The summed E-state index contributed by atoms with van der Waals surface area (Å²) in [6.07, 6.45) is -3.52. The second-order valence-corrected chi connectivity index (χ2v) is 8.50. The minimum Gasteiger partial charge on any atom is -0.461 e. The number of thiophene rings is 1. The van der Waals surface area contributed by atoms with Crippen LogP contribution in [0.3, 0.4) is 0 Å². The highest BCUT2D eigenvalue weighted by molar-refractivity contribution is 7.20. The molecule has 0 aliphatic carbocycles. The number of ether oxygens (including phenoxy) is 1. The number of rotatable bonds is 6. The first-order chi connectivity index (χ1) is 15.0. The van der Waals surface area contributed by atoms with Crippen molar-refractivity contribution in [1.82, 2.24) is 9.55 Å². The third kappa shape index (κ3) is 4.98. The van der Waals surface area contributed by atoms with Gasteiger partial charge in [0.05, 0.1) is 29.6 Å². The van der Waals surface area contributed by atoms with Gasteiger partial charge >= 0.3 is 12.1 Å². The standard InChI is InChI=1S/C21H20F3N3O4S/c1-11(2)9-31-20(30)17-12(3)16-18(32-17)25-10-27(19(16)29)8-15(28)26-14-7-5-4-6-13(14)21(22,23)24/h4-7,10-11H,8-9H2,1-3H3,(H,26,28). The molecule has 1 N–H and O–H groups in total. The van der Waals surface area contributed by atoms with E-state index in [9.17, 15) is 27.6 Å². The average molecular weight is 467 g/mol. The van der Waals surface area contributed by atoms with Crippen LogP contribution in [0, 0.1) is 12.8 Å². The third-order valence-electron chi connectivity index (χ3n) is 4.47. The molecule has 0 saturated carbocycles. The summed E-state index contributed by atoms with van der Waals surface area (Å²) < 4.78 is 45.6. The number of hydrogen-bond donors (Lipinski definition) is 1. The first kappa shape index (κ1) is 23.5. The van der Waals surface area contributed by atoms with Crippen LogP contribution in [-0.4, -0.2) is 28.0 Å². The molecule has 0 spiro atoms. The van der Waals surface area contributed by atoms with Crippen LogP contribution in [0.15, 0.2) is 35.4 Å². The van der Waals surface area contributed by atoms with Gasteiger partial charge in [0.2, 0.25) is 5.91 Å². The maximum atomic E-state index is 13.1. The van der Waals surface area contributed by atoms with E-state index >= 15 is 0 Å². The Kier molecular flexibility index (Phi) is 6.68. The maximum Gasteiger partial charge on any atom is 0.418 e. The topological polar surface area (TPSA) is 90.3 Å². The molecule has 2 aromatic heterocycles. The van der Waals surface area contributed by atoms with Crippen LogP contribution in [0.25, 0.3) is 10.2 Å². The van der Waals surface area contributed by atoms with Gasteiger partial charge in [-0.25, -0.2) is 9.78 Å². The number of amides is 1. The Morgan fingerprint density at radius 3 is 2.59 bits per heavy atom. The average Bonchev–Trinajstić information content (AvgIpc) is 3.05. The van der Waals surface area contributed by atoms with Crippen molar-refractivity contribution in [3.63, 3.8) is 0 Å². The molecule has 0 aliphatic heterocycles. The molecule has 170 valence electrons. The first-order valence-corrected chi connectivity index (χ1v) is 10.4. The number of esters is 1. The molecular weight excluding hydrogens is 447 g/mol. The lowest BCUT2D eigenvalue weighted by Gasteiger charge is -2.13. The summed E-state index contributed by atoms with van der Waals surface area (Å²) in [5.74, 6) is -1.24. The number of para-hydroxylation sites is 1. The number of aryl methyl sites for hydroxylation is 1. The van der Waals surface area contributed by atoms with Gasteiger partial charge in [0.25, 0.3) is 5.56 Å². The summed E-state index contributed by atoms with van der Waals surface area (Å²) in [5.41, 5.74) is -1.60. The second kappa shape index (κ2) is 9.11. The lowest BCUT2D eigenvalue weighted by molar-refractivity contribution is -0.137. The highest BCUT2D eigenvalue weighted by atomic mass is 32.1. The normalized spacial score (nSPS) is 11.7. The molecule has 0 saturated heterocycles. The van der Waals surface area contributed by atoms with Crippen LogP contribution in [-0.2, 0) is 22.3 Å². The van der Waals surface area contributed by atoms with E-state index in [1.54, 1.807) is 6.92 Å². The lowest BCUT2D eigenvalue weighted by atomic mass is 10.1. The molecule has 0 radical (unpaired) electrons. The SMILES string of the molecule is Cc1c(C(=O)OCC(C)C)sc2ncn(CC(=O)Nc3ccccc3C(F)(F)F)c(=O)c12. The molecule has 1 aromatic carbocycles. The van der Waals surface area contributed by atoms with Crippen molar-refractivity contribution >= 4 is 39.1 Å². The van der Waals surface area contributed by atoms with E-state index in [0.29, 0.717) is 10.4 Å². The molecule has 1 amide bonds. The highest BCUT2D eigenvalue weighted by Crippen LogP contribution is 2.34. The summed E-state index contributed by atoms with van der Waals surface area (Å²) in [5, 5.41) is 2.35. The number of benzene rings is 1. The van der Waals surface area contributed by atoms with E-state index in [1.165, 1.54) is 12.1 Å². The van der Waals surface area contributed by atoms with Crippen molar-refractivity contribution in [2.24, 2.45) is 5.92 Å². The minimum absolute atomic E-state index is 0.143. The summed E-state index contributed by atoms with van der Waals surface area (Å²) in [6.45, 7) is 5.05. The molecular formula is C21H20F3N3O4S. The van der Waals surface area contributed by atoms with Crippen molar-refractivity contribution < 1.29 is 27.5 Å². The van der Waals surface area contributed by atoms with E-state index in [2.05, 4.69) is 10.3 Å². The minimum atomic E-state index is -4.64. The molecule has 0 fully saturated rings. The van der Waals surface area contributed by atoms with E-state index in [1.807, 2.05) is 13.8 Å². The van der Waals surface area contributed by atoms with Gasteiger partial charge < -0.3 is 10.1 Å². The Balaban J connectivity index is 1.86. The quantitative estimate of drug-likeness (QED) is 0.548. The van der Waals surface area contributed by atoms with Crippen LogP contribution in [0.1, 0.15) is 34.6 Å². The monoisotopic (exact) mass is 467 g/mol. The van der Waals surface area contributed by atoms with Crippen molar-refractivity contribution in [3.05, 3.63) is 57.0 Å². The van der Waals surface area contributed by atoms with Crippen LogP contribution < -0.4 is 10.9 Å². The molecule has 3 rings (SSSR count). The summed E-state index contributed by atoms with van der Waals surface area (Å²) in [7, 11) is 0. The predicted octanol–water partition coefficient (Wildman–Crippen LogP) is 4.24. The number of nitrogens with zero attached hydrogens (tertiary/aromatic N) is 2. The number of alkyl halides is 3. The molecule has 7 nitrogen and oxygen atoms in total. The van der Waals surface area contributed by atoms with Gasteiger partial charge in [-0.15, -0.1) is 11.3 Å². The number of carbonyl (C=O) groups excluding carboxylic acids is 2. The van der Waals surface area contributed by atoms with Gasteiger partial charge in [0.15, 0.2) is 0 Å². The van der Waals surface area contributed by atoms with Crippen LogP contribution in [0.5, 0.6) is 0 Å². The van der Waals surface area contributed by atoms with E-state index in [4.69, 9.17) is 4.74 Å². The summed E-state index contributed by atoms with van der Waals surface area (Å²) in [4.78, 5) is 42.2. The fraction of sp³-hybridized carbons (Fsp3) is 0.333. The molecule has 11 heteroatoms. The fourth-order valence-corrected chi connectivity index (χ4v) is 3.99. The zero-order valence-corrected chi connectivity index (χ0v) is 18.3. The Morgan fingerprint density at radius 1 is 1.25 bits per heavy atom. The van der Waals surface area contributed by atoms with Gasteiger partial charge in [0, 0.05) is 0 Å². The smallest absolute Gasteiger partial charge is 0.418 e. The number of carbonyl (C=O) groups is 2. The third-order valence-corrected chi connectivity index (χ3v) is 5.65. The first-order valence-electron chi connectivity index (χ1n) is 9.60. The van der Waals surface area contributed by atoms with Crippen LogP contribution in [0.4, 0.5) is 18.9 Å². The largest absolute Gasteiger partial charge is 0.461 e. The zero-order chi connectivity index (χ0) is 23.6. The van der Waals surface area contributed by atoms with Crippen LogP contribution >= 0.6 is 11.3 Å². The lowest BCUT2D eigenvalue weighted by Crippen LogP contribution is -2.28. The Morgan fingerprint density at radius 2 is 1.94 bits per heavy atom. The Labute approximate surface area is 184 Å². The van der Waals surface area contributed by atoms with Gasteiger partial charge in [-0.2, -0.15) is 13.2 Å². The van der Waals surface area contributed by atoms with Gasteiger partial charge in [-0.1, -0.05) is 26.0 Å². The molecule has 2 heterocycles. The number of fused-ring (bicyclic) bond motifs is 1. The molecule has 3 aromatic rings. The van der Waals surface area contributed by atoms with Crippen molar-refractivity contribution in [2.45, 2.75) is 33.5 Å². The van der Waals surface area contributed by atoms with E-state index < -0.39 is 41.4 Å². The molecule has 0 unspecified atom stereocenters. The number of hydrogen-bond acceptors (Lipinski definition) is 6. The number of halogens is 3. The predicted molar refractivity (Wildman–Crippen MR) is 114 cm³/mol. The van der Waals surface area contributed by atoms with Crippen molar-refractivity contribution in [2.75, 3.05) is 11.9 Å². The van der Waals surface area contributed by atoms with Gasteiger partial charge in [0.1, 0.15) is 16.3 Å². The molecule has 0 bridgehead atoms. The van der Waals surface area contributed by atoms with Crippen molar-refractivity contribution in [1.29, 1.82) is 0 Å². The van der Waals surface area contributed by atoms with Crippen molar-refractivity contribution in [3.8, 4) is 0 Å².